The van der Waals surface area contributed by atoms with Crippen LogP contribution in [0.15, 0.2) is 24.4 Å². The number of nitrogens with two attached hydrogens (primary N) is 1. The molecule has 0 saturated heterocycles. The van der Waals surface area contributed by atoms with E-state index in [4.69, 9.17) is 10.5 Å². The minimum absolute atomic E-state index is 0.143. The van der Waals surface area contributed by atoms with Crippen LogP contribution in [-0.2, 0) is 9.53 Å². The van der Waals surface area contributed by atoms with Gasteiger partial charge >= 0.3 is 0 Å². The van der Waals surface area contributed by atoms with Crippen molar-refractivity contribution in [2.45, 2.75) is 6.10 Å². The number of methoxy groups -OCH3 is 1. The van der Waals surface area contributed by atoms with E-state index >= 15 is 0 Å². The van der Waals surface area contributed by atoms with Crippen LogP contribution in [0.4, 0.5) is 5.69 Å². The fourth-order valence-electron chi connectivity index (χ4n) is 1.60. The quantitative estimate of drug-likeness (QED) is 0.717. The number of nitrogens with one attached hydrogen (secondary N) is 2. The predicted molar refractivity (Wildman–Crippen MR) is 64.6 cm³/mol. The van der Waals surface area contributed by atoms with E-state index in [0.29, 0.717) is 5.69 Å². The number of hydrogen-bond donors (Lipinski definition) is 3. The first-order valence-electron chi connectivity index (χ1n) is 5.22. The Hall–Kier alpha value is -1.92. The van der Waals surface area contributed by atoms with Crippen molar-refractivity contribution < 1.29 is 9.53 Å². The Morgan fingerprint density at radius 1 is 1.65 bits per heavy atom. The normalized spacial score (nSPS) is 12.6. The molecule has 4 N–H and O–H groups in total. The summed E-state index contributed by atoms with van der Waals surface area (Å²) in [4.78, 5) is 11.8. The van der Waals surface area contributed by atoms with Gasteiger partial charge in [-0.15, -0.1) is 0 Å². The Morgan fingerprint density at radius 3 is 3.18 bits per heavy atom. The Labute approximate surface area is 98.1 Å². The number of anilines is 1. The maximum absolute atomic E-state index is 11.8. The van der Waals surface area contributed by atoms with E-state index in [9.17, 15) is 4.79 Å². The van der Waals surface area contributed by atoms with Crippen molar-refractivity contribution in [2.75, 3.05) is 19.0 Å². The molecule has 2 rings (SSSR count). The molecule has 6 heteroatoms. The van der Waals surface area contributed by atoms with Gasteiger partial charge in [0.25, 0.3) is 5.91 Å². The summed E-state index contributed by atoms with van der Waals surface area (Å²) in [7, 11) is 1.45. The number of aromatic nitrogens is 2. The molecule has 1 aromatic heterocycles. The summed E-state index contributed by atoms with van der Waals surface area (Å²) in [6.45, 7) is 0.143. The number of nitrogens with zero attached hydrogens (tertiary/aromatic N) is 1. The summed E-state index contributed by atoms with van der Waals surface area (Å²) in [5, 5.41) is 10.4. The highest BCUT2D eigenvalue weighted by molar-refractivity contribution is 6.02. The number of H-pyrrole nitrogens is 1. The lowest BCUT2D eigenvalue weighted by Crippen LogP contribution is -2.35. The van der Waals surface area contributed by atoms with Gasteiger partial charge in [-0.05, 0) is 12.1 Å². The van der Waals surface area contributed by atoms with Gasteiger partial charge in [-0.25, -0.2) is 0 Å². The van der Waals surface area contributed by atoms with Crippen LogP contribution in [-0.4, -0.2) is 35.9 Å². The van der Waals surface area contributed by atoms with Crippen LogP contribution in [0.1, 0.15) is 0 Å². The molecule has 0 spiro atoms. The SMILES string of the molecule is COC(CN)C(=O)Nc1cccc2[nH]ncc12. The van der Waals surface area contributed by atoms with E-state index in [1.54, 1.807) is 12.3 Å². The van der Waals surface area contributed by atoms with Gasteiger partial charge in [0.1, 0.15) is 6.10 Å². The fourth-order valence-corrected chi connectivity index (χ4v) is 1.60. The summed E-state index contributed by atoms with van der Waals surface area (Å²) in [6, 6.07) is 5.52. The van der Waals surface area contributed by atoms with Crippen molar-refractivity contribution in [3.8, 4) is 0 Å². The van der Waals surface area contributed by atoms with Crippen molar-refractivity contribution >= 4 is 22.5 Å². The monoisotopic (exact) mass is 234 g/mol. The van der Waals surface area contributed by atoms with E-state index in [1.165, 1.54) is 7.11 Å². The fraction of sp³-hybridized carbons (Fsp3) is 0.273. The molecule has 1 aromatic carbocycles. The number of amides is 1. The maximum Gasteiger partial charge on any atom is 0.254 e. The van der Waals surface area contributed by atoms with Gasteiger partial charge in [-0.3, -0.25) is 9.89 Å². The first-order valence-corrected chi connectivity index (χ1v) is 5.22. The lowest BCUT2D eigenvalue weighted by molar-refractivity contribution is -0.125. The van der Waals surface area contributed by atoms with E-state index in [1.807, 2.05) is 12.1 Å². The smallest absolute Gasteiger partial charge is 0.254 e. The molecule has 17 heavy (non-hydrogen) atoms. The zero-order chi connectivity index (χ0) is 12.3. The summed E-state index contributed by atoms with van der Waals surface area (Å²) >= 11 is 0. The second-order valence-electron chi connectivity index (χ2n) is 3.59. The molecule has 0 fully saturated rings. The third kappa shape index (κ3) is 2.27. The van der Waals surface area contributed by atoms with Crippen molar-refractivity contribution in [1.29, 1.82) is 0 Å². The summed E-state index contributed by atoms with van der Waals surface area (Å²) in [6.07, 6.45) is 1.02. The van der Waals surface area contributed by atoms with Crippen molar-refractivity contribution in [3.63, 3.8) is 0 Å². The van der Waals surface area contributed by atoms with E-state index in [-0.39, 0.29) is 12.5 Å². The summed E-state index contributed by atoms with van der Waals surface area (Å²) in [5.74, 6) is -0.260. The molecule has 1 atom stereocenters. The minimum atomic E-state index is -0.642. The second-order valence-corrected chi connectivity index (χ2v) is 3.59. The number of hydrogen-bond acceptors (Lipinski definition) is 4. The molecule has 0 radical (unpaired) electrons. The summed E-state index contributed by atoms with van der Waals surface area (Å²) < 4.78 is 4.97. The number of carbonyl (C=O) groups is 1. The molecule has 6 nitrogen and oxygen atoms in total. The molecule has 0 aliphatic carbocycles. The number of carbonyl (C=O) groups excluding carboxylic acids is 1. The molecular formula is C11H14N4O2. The third-order valence-electron chi connectivity index (χ3n) is 2.53. The molecule has 2 aromatic rings. The van der Waals surface area contributed by atoms with E-state index < -0.39 is 6.10 Å². The lowest BCUT2D eigenvalue weighted by atomic mass is 10.2. The highest BCUT2D eigenvalue weighted by Crippen LogP contribution is 2.21. The molecular weight excluding hydrogens is 220 g/mol. The zero-order valence-corrected chi connectivity index (χ0v) is 9.43. The van der Waals surface area contributed by atoms with Crippen LogP contribution in [0.5, 0.6) is 0 Å². The molecule has 0 aliphatic heterocycles. The zero-order valence-electron chi connectivity index (χ0n) is 9.43. The van der Waals surface area contributed by atoms with Gasteiger partial charge in [0, 0.05) is 19.0 Å². The maximum atomic E-state index is 11.8. The highest BCUT2D eigenvalue weighted by Gasteiger charge is 2.16. The van der Waals surface area contributed by atoms with Crippen molar-refractivity contribution in [1.82, 2.24) is 10.2 Å². The van der Waals surface area contributed by atoms with Gasteiger partial charge in [0.05, 0.1) is 17.4 Å². The molecule has 1 amide bonds. The van der Waals surface area contributed by atoms with Crippen molar-refractivity contribution in [2.24, 2.45) is 5.73 Å². The first kappa shape index (κ1) is 11.6. The second kappa shape index (κ2) is 4.94. The largest absolute Gasteiger partial charge is 0.370 e. The number of ether oxygens (including phenoxy) is 1. The van der Waals surface area contributed by atoms with Crippen LogP contribution in [0.3, 0.4) is 0 Å². The average molecular weight is 234 g/mol. The Morgan fingerprint density at radius 2 is 2.47 bits per heavy atom. The number of rotatable bonds is 4. The Balaban J connectivity index is 2.23. The van der Waals surface area contributed by atoms with Gasteiger partial charge in [0.2, 0.25) is 0 Å². The van der Waals surface area contributed by atoms with Crippen LogP contribution in [0, 0.1) is 0 Å². The average Bonchev–Trinajstić information content (AvgIpc) is 2.80. The molecule has 90 valence electrons. The number of fused-ring (bicyclic) bond motifs is 1. The Bertz CT molecular complexity index is 519. The molecule has 1 heterocycles. The summed E-state index contributed by atoms with van der Waals surface area (Å²) in [5.41, 5.74) is 6.98. The molecule has 0 saturated carbocycles. The Kier molecular flexibility index (Phi) is 3.36. The first-order chi connectivity index (χ1) is 8.26. The predicted octanol–water partition coefficient (Wildman–Crippen LogP) is 0.475. The van der Waals surface area contributed by atoms with Crippen LogP contribution >= 0.6 is 0 Å². The lowest BCUT2D eigenvalue weighted by Gasteiger charge is -2.13. The van der Waals surface area contributed by atoms with Crippen molar-refractivity contribution in [3.05, 3.63) is 24.4 Å². The van der Waals surface area contributed by atoms with E-state index in [0.717, 1.165) is 10.9 Å². The van der Waals surface area contributed by atoms with Gasteiger partial charge < -0.3 is 15.8 Å². The highest BCUT2D eigenvalue weighted by atomic mass is 16.5. The van der Waals surface area contributed by atoms with Crippen LogP contribution < -0.4 is 11.1 Å². The minimum Gasteiger partial charge on any atom is -0.370 e. The van der Waals surface area contributed by atoms with Crippen LogP contribution in [0.2, 0.25) is 0 Å². The molecule has 1 unspecified atom stereocenters. The molecule has 0 aliphatic rings. The van der Waals surface area contributed by atoms with Crippen LogP contribution in [0.25, 0.3) is 10.9 Å². The van der Waals surface area contributed by atoms with Gasteiger partial charge in [0.15, 0.2) is 0 Å². The van der Waals surface area contributed by atoms with Gasteiger partial charge in [-0.1, -0.05) is 6.07 Å². The number of benzene rings is 1. The molecule has 0 bridgehead atoms. The van der Waals surface area contributed by atoms with Gasteiger partial charge in [-0.2, -0.15) is 5.10 Å². The third-order valence-corrected chi connectivity index (χ3v) is 2.53. The topological polar surface area (TPSA) is 93.0 Å². The standard InChI is InChI=1S/C11H14N4O2/c1-17-10(5-12)11(16)14-8-3-2-4-9-7(8)6-13-15-9/h2-4,6,10H,5,12H2,1H3,(H,13,15)(H,14,16). The van der Waals surface area contributed by atoms with E-state index in [2.05, 4.69) is 15.5 Å². The number of aromatic amines is 1.